The van der Waals surface area contributed by atoms with Gasteiger partial charge in [-0.3, -0.25) is 9.59 Å². The van der Waals surface area contributed by atoms with E-state index in [4.69, 9.17) is 11.6 Å². The van der Waals surface area contributed by atoms with Crippen molar-refractivity contribution in [2.45, 2.75) is 6.92 Å². The van der Waals surface area contributed by atoms with E-state index in [-0.39, 0.29) is 23.1 Å². The lowest BCUT2D eigenvalue weighted by Crippen LogP contribution is -2.18. The topological polar surface area (TPSA) is 58.2 Å². The molecule has 0 aromatic heterocycles. The van der Waals surface area contributed by atoms with E-state index in [0.717, 1.165) is 17.3 Å². The van der Waals surface area contributed by atoms with Crippen LogP contribution >= 0.6 is 23.4 Å². The molecule has 7 heteroatoms. The Labute approximate surface area is 148 Å². The van der Waals surface area contributed by atoms with Crippen LogP contribution in [0.5, 0.6) is 0 Å². The summed E-state index contributed by atoms with van der Waals surface area (Å²) in [5.74, 6) is -1.00. The number of carbonyl (C=O) groups excluding carboxylic acids is 2. The second-order valence-corrected chi connectivity index (χ2v) is 6.50. The van der Waals surface area contributed by atoms with E-state index in [2.05, 4.69) is 10.6 Å². The van der Waals surface area contributed by atoms with Gasteiger partial charge in [0.1, 0.15) is 5.82 Å². The number of benzene rings is 2. The number of rotatable bonds is 6. The third-order valence-electron chi connectivity index (χ3n) is 3.00. The number of anilines is 2. The molecule has 0 atom stereocenters. The zero-order valence-electron chi connectivity index (χ0n) is 12.9. The fourth-order valence-corrected chi connectivity index (χ4v) is 2.64. The summed E-state index contributed by atoms with van der Waals surface area (Å²) < 4.78 is 13.5. The number of halogens is 2. The molecule has 0 heterocycles. The monoisotopic (exact) mass is 366 g/mol. The van der Waals surface area contributed by atoms with Gasteiger partial charge in [-0.15, -0.1) is 11.8 Å². The Kier molecular flexibility index (Phi) is 6.63. The largest absolute Gasteiger partial charge is 0.325 e. The van der Waals surface area contributed by atoms with E-state index < -0.39 is 11.7 Å². The van der Waals surface area contributed by atoms with Crippen LogP contribution in [0, 0.1) is 12.7 Å². The number of carbonyl (C=O) groups is 2. The second kappa shape index (κ2) is 8.70. The van der Waals surface area contributed by atoms with Gasteiger partial charge in [-0.05, 0) is 37.3 Å². The molecule has 0 aliphatic carbocycles. The minimum Gasteiger partial charge on any atom is -0.325 e. The van der Waals surface area contributed by atoms with Crippen LogP contribution in [0.4, 0.5) is 15.8 Å². The molecule has 126 valence electrons. The number of hydrogen-bond acceptors (Lipinski definition) is 3. The second-order valence-electron chi connectivity index (χ2n) is 5.08. The molecule has 2 N–H and O–H groups in total. The molecule has 2 rings (SSSR count). The number of aryl methyl sites for hydroxylation is 1. The molecule has 4 nitrogen and oxygen atoms in total. The van der Waals surface area contributed by atoms with E-state index in [1.165, 1.54) is 18.2 Å². The maximum absolute atomic E-state index is 13.5. The summed E-state index contributed by atoms with van der Waals surface area (Å²) in [6.45, 7) is 1.96. The zero-order valence-corrected chi connectivity index (χ0v) is 14.5. The maximum Gasteiger partial charge on any atom is 0.234 e. The first-order valence-corrected chi connectivity index (χ1v) is 8.66. The molecule has 24 heavy (non-hydrogen) atoms. The minimum atomic E-state index is -0.560. The predicted molar refractivity (Wildman–Crippen MR) is 97.2 cm³/mol. The van der Waals surface area contributed by atoms with Crippen molar-refractivity contribution >= 4 is 46.6 Å². The Bertz CT molecular complexity index is 738. The van der Waals surface area contributed by atoms with Crippen molar-refractivity contribution in [1.82, 2.24) is 0 Å². The highest BCUT2D eigenvalue weighted by Crippen LogP contribution is 2.19. The van der Waals surface area contributed by atoms with Gasteiger partial charge in [0.25, 0.3) is 0 Å². The minimum absolute atomic E-state index is 0.0252. The van der Waals surface area contributed by atoms with Gasteiger partial charge in [0.05, 0.1) is 17.2 Å². The van der Waals surface area contributed by atoms with Crippen molar-refractivity contribution in [2.75, 3.05) is 22.1 Å². The van der Waals surface area contributed by atoms with Crippen LogP contribution in [0.15, 0.2) is 42.5 Å². The molecule has 0 bridgehead atoms. The number of thioether (sulfide) groups is 1. The van der Waals surface area contributed by atoms with Crippen molar-refractivity contribution in [3.8, 4) is 0 Å². The van der Waals surface area contributed by atoms with E-state index in [1.54, 1.807) is 0 Å². The average Bonchev–Trinajstić information content (AvgIpc) is 2.53. The molecular weight excluding hydrogens is 351 g/mol. The summed E-state index contributed by atoms with van der Waals surface area (Å²) >= 11 is 6.90. The summed E-state index contributed by atoms with van der Waals surface area (Å²) in [4.78, 5) is 23.6. The van der Waals surface area contributed by atoms with Crippen LogP contribution in [-0.2, 0) is 9.59 Å². The Morgan fingerprint density at radius 1 is 1.04 bits per heavy atom. The van der Waals surface area contributed by atoms with Crippen LogP contribution in [0.1, 0.15) is 5.56 Å². The number of hydrogen-bond donors (Lipinski definition) is 2. The van der Waals surface area contributed by atoms with Crippen molar-refractivity contribution in [3.63, 3.8) is 0 Å². The molecule has 0 saturated heterocycles. The van der Waals surface area contributed by atoms with E-state index >= 15 is 0 Å². The predicted octanol–water partition coefficient (Wildman–Crippen LogP) is 4.10. The fraction of sp³-hybridized carbons (Fsp3) is 0.176. The Hall–Kier alpha value is -2.05. The lowest BCUT2D eigenvalue weighted by Gasteiger charge is -2.07. The number of nitrogens with one attached hydrogen (secondary N) is 2. The first-order chi connectivity index (χ1) is 11.4. The van der Waals surface area contributed by atoms with E-state index in [0.29, 0.717) is 10.7 Å². The summed E-state index contributed by atoms with van der Waals surface area (Å²) in [7, 11) is 0. The third-order valence-corrected chi connectivity index (χ3v) is 4.17. The first kappa shape index (κ1) is 18.3. The lowest BCUT2D eigenvalue weighted by molar-refractivity contribution is -0.114. The average molecular weight is 367 g/mol. The Morgan fingerprint density at radius 2 is 1.67 bits per heavy atom. The van der Waals surface area contributed by atoms with Gasteiger partial charge in [-0.25, -0.2) is 4.39 Å². The van der Waals surface area contributed by atoms with Crippen molar-refractivity contribution in [2.24, 2.45) is 0 Å². The smallest absolute Gasteiger partial charge is 0.234 e. The normalized spacial score (nSPS) is 10.3. The highest BCUT2D eigenvalue weighted by Gasteiger charge is 2.09. The van der Waals surface area contributed by atoms with Crippen LogP contribution in [0.3, 0.4) is 0 Å². The quantitative estimate of drug-likeness (QED) is 0.809. The highest BCUT2D eigenvalue weighted by atomic mass is 35.5. The molecule has 0 radical (unpaired) electrons. The van der Waals surface area contributed by atoms with Gasteiger partial charge < -0.3 is 10.6 Å². The van der Waals surface area contributed by atoms with Crippen LogP contribution < -0.4 is 10.6 Å². The van der Waals surface area contributed by atoms with Crippen LogP contribution in [0.25, 0.3) is 0 Å². The maximum atomic E-state index is 13.5. The third kappa shape index (κ3) is 5.86. The summed E-state index contributed by atoms with van der Waals surface area (Å²) in [6.07, 6.45) is 0. The molecular formula is C17H16ClFN2O2S. The molecule has 0 fully saturated rings. The summed E-state index contributed by atoms with van der Waals surface area (Å²) in [6, 6.07) is 11.3. The van der Waals surface area contributed by atoms with Gasteiger partial charge in [0.2, 0.25) is 11.8 Å². The molecule has 0 unspecified atom stereocenters. The first-order valence-electron chi connectivity index (χ1n) is 7.13. The van der Waals surface area contributed by atoms with E-state index in [9.17, 15) is 14.0 Å². The van der Waals surface area contributed by atoms with Crippen LogP contribution in [-0.4, -0.2) is 23.3 Å². The highest BCUT2D eigenvalue weighted by molar-refractivity contribution is 8.00. The fourth-order valence-electron chi connectivity index (χ4n) is 1.85. The van der Waals surface area contributed by atoms with Gasteiger partial charge in [-0.2, -0.15) is 0 Å². The van der Waals surface area contributed by atoms with Crippen LogP contribution in [0.2, 0.25) is 5.02 Å². The summed E-state index contributed by atoms with van der Waals surface area (Å²) in [5, 5.41) is 5.50. The molecule has 0 saturated carbocycles. The van der Waals surface area contributed by atoms with Crippen molar-refractivity contribution in [3.05, 3.63) is 58.9 Å². The molecule has 2 amide bonds. The lowest BCUT2D eigenvalue weighted by atomic mass is 10.2. The van der Waals surface area contributed by atoms with Crippen molar-refractivity contribution in [1.29, 1.82) is 0 Å². The molecule has 0 aliphatic rings. The van der Waals surface area contributed by atoms with Gasteiger partial charge in [0, 0.05) is 10.7 Å². The molecule has 2 aromatic carbocycles. The zero-order chi connectivity index (χ0) is 17.5. The Balaban J connectivity index is 1.75. The van der Waals surface area contributed by atoms with Crippen molar-refractivity contribution < 1.29 is 14.0 Å². The van der Waals surface area contributed by atoms with E-state index in [1.807, 2.05) is 31.2 Å². The number of amides is 2. The van der Waals surface area contributed by atoms with Gasteiger partial charge in [-0.1, -0.05) is 29.3 Å². The molecule has 0 aliphatic heterocycles. The summed E-state index contributed by atoms with van der Waals surface area (Å²) in [5.41, 5.74) is 1.83. The Morgan fingerprint density at radius 3 is 2.33 bits per heavy atom. The van der Waals surface area contributed by atoms with Gasteiger partial charge in [0.15, 0.2) is 0 Å². The SMILES string of the molecule is Cc1ccc(NC(=O)CSCC(=O)Nc2cc(Cl)ccc2F)cc1. The van der Waals surface area contributed by atoms with Gasteiger partial charge >= 0.3 is 0 Å². The standard InChI is InChI=1S/C17H16ClFN2O2S/c1-11-2-5-13(6-3-11)20-16(22)9-24-10-17(23)21-15-8-12(18)4-7-14(15)19/h2-8H,9-10H2,1H3,(H,20,22)(H,21,23). The molecule has 2 aromatic rings. The molecule has 0 spiro atoms.